The van der Waals surface area contributed by atoms with Crippen molar-refractivity contribution in [3.05, 3.63) is 59.7 Å². The van der Waals surface area contributed by atoms with Crippen molar-refractivity contribution in [1.82, 2.24) is 4.72 Å². The van der Waals surface area contributed by atoms with E-state index in [0.717, 1.165) is 5.56 Å². The number of anilines is 1. The highest BCUT2D eigenvalue weighted by Gasteiger charge is 2.14. The number of rotatable bonds is 5. The lowest BCUT2D eigenvalue weighted by Gasteiger charge is -2.07. The Hall–Kier alpha value is -2.62. The summed E-state index contributed by atoms with van der Waals surface area (Å²) in [6.07, 6.45) is 5.03. The molecule has 0 bridgehead atoms. The predicted molar refractivity (Wildman–Crippen MR) is 89.6 cm³/mol. The van der Waals surface area contributed by atoms with E-state index in [0.29, 0.717) is 11.3 Å². The zero-order valence-electron chi connectivity index (χ0n) is 12.5. The molecule has 0 spiro atoms. The van der Waals surface area contributed by atoms with Crippen LogP contribution in [0.25, 0.3) is 0 Å². The van der Waals surface area contributed by atoms with Crippen LogP contribution in [0.1, 0.15) is 15.9 Å². The van der Waals surface area contributed by atoms with Crippen LogP contribution >= 0.6 is 0 Å². The highest BCUT2D eigenvalue weighted by molar-refractivity contribution is 7.89. The minimum atomic E-state index is -3.65. The Morgan fingerprint density at radius 1 is 1.09 bits per heavy atom. The lowest BCUT2D eigenvalue weighted by atomic mass is 10.2. The maximum absolute atomic E-state index is 12.1. The summed E-state index contributed by atoms with van der Waals surface area (Å²) in [7, 11) is -3.65. The number of carbonyl (C=O) groups is 1. The number of aryl methyl sites for hydroxylation is 1. The first kappa shape index (κ1) is 16.7. The van der Waals surface area contributed by atoms with Gasteiger partial charge in [0.25, 0.3) is 5.91 Å². The molecule has 0 saturated heterocycles. The first-order valence-electron chi connectivity index (χ1n) is 6.83. The Kier molecular flexibility index (Phi) is 5.16. The van der Waals surface area contributed by atoms with Gasteiger partial charge in [0.05, 0.1) is 11.4 Å². The maximum Gasteiger partial charge on any atom is 0.255 e. The lowest BCUT2D eigenvalue weighted by molar-refractivity contribution is 0.102. The van der Waals surface area contributed by atoms with Crippen molar-refractivity contribution in [2.45, 2.75) is 11.8 Å². The number of benzene rings is 2. The number of hydrogen-bond donors (Lipinski definition) is 2. The molecule has 1 amide bonds. The van der Waals surface area contributed by atoms with Crippen molar-refractivity contribution in [3.8, 4) is 12.3 Å². The van der Waals surface area contributed by atoms with E-state index in [4.69, 9.17) is 6.42 Å². The van der Waals surface area contributed by atoms with Gasteiger partial charge in [0.15, 0.2) is 0 Å². The summed E-state index contributed by atoms with van der Waals surface area (Å²) in [6, 6.07) is 13.0. The van der Waals surface area contributed by atoms with Gasteiger partial charge in [-0.2, -0.15) is 4.72 Å². The number of carbonyl (C=O) groups excluding carboxylic acids is 1. The smallest absolute Gasteiger partial charge is 0.255 e. The van der Waals surface area contributed by atoms with E-state index >= 15 is 0 Å². The molecule has 5 nitrogen and oxygen atoms in total. The van der Waals surface area contributed by atoms with Gasteiger partial charge in [-0.1, -0.05) is 23.6 Å². The molecule has 23 heavy (non-hydrogen) atoms. The van der Waals surface area contributed by atoms with Crippen LogP contribution in [-0.2, 0) is 10.0 Å². The first-order valence-corrected chi connectivity index (χ1v) is 8.32. The van der Waals surface area contributed by atoms with E-state index < -0.39 is 10.0 Å². The third kappa shape index (κ3) is 4.42. The Morgan fingerprint density at radius 2 is 1.70 bits per heavy atom. The van der Waals surface area contributed by atoms with Gasteiger partial charge in [-0.25, -0.2) is 8.42 Å². The summed E-state index contributed by atoms with van der Waals surface area (Å²) < 4.78 is 26.0. The van der Waals surface area contributed by atoms with Crippen LogP contribution in [0, 0.1) is 19.3 Å². The van der Waals surface area contributed by atoms with Gasteiger partial charge in [-0.3, -0.25) is 4.79 Å². The van der Waals surface area contributed by atoms with E-state index in [1.165, 1.54) is 24.3 Å². The van der Waals surface area contributed by atoms with Gasteiger partial charge in [0.1, 0.15) is 0 Å². The summed E-state index contributed by atoms with van der Waals surface area (Å²) in [4.78, 5) is 12.2. The van der Waals surface area contributed by atoms with E-state index in [2.05, 4.69) is 16.0 Å². The average Bonchev–Trinajstić information content (AvgIpc) is 2.55. The van der Waals surface area contributed by atoms with Crippen molar-refractivity contribution in [2.75, 3.05) is 11.9 Å². The number of nitrogens with one attached hydrogen (secondary N) is 2. The van der Waals surface area contributed by atoms with Crippen molar-refractivity contribution >= 4 is 21.6 Å². The molecule has 0 radical (unpaired) electrons. The van der Waals surface area contributed by atoms with Gasteiger partial charge in [-0.15, -0.1) is 6.42 Å². The number of hydrogen-bond acceptors (Lipinski definition) is 3. The summed E-state index contributed by atoms with van der Waals surface area (Å²) >= 11 is 0. The zero-order chi connectivity index (χ0) is 16.9. The van der Waals surface area contributed by atoms with Crippen LogP contribution in [0.4, 0.5) is 5.69 Å². The third-order valence-corrected chi connectivity index (χ3v) is 4.52. The Morgan fingerprint density at radius 3 is 2.26 bits per heavy atom. The average molecular weight is 328 g/mol. The van der Waals surface area contributed by atoms with Gasteiger partial charge >= 0.3 is 0 Å². The lowest BCUT2D eigenvalue weighted by Crippen LogP contribution is -2.24. The SMILES string of the molecule is C#CCNS(=O)(=O)c1ccc(C(=O)Nc2ccc(C)cc2)cc1. The Labute approximate surface area is 135 Å². The van der Waals surface area contributed by atoms with Crippen molar-refractivity contribution in [3.63, 3.8) is 0 Å². The minimum Gasteiger partial charge on any atom is -0.322 e. The highest BCUT2D eigenvalue weighted by atomic mass is 32.2. The first-order chi connectivity index (χ1) is 10.9. The molecule has 0 unspecified atom stereocenters. The standard InChI is InChI=1S/C17H16N2O3S/c1-3-12-18-23(21,22)16-10-6-14(7-11-16)17(20)19-15-8-4-13(2)5-9-15/h1,4-11,18H,12H2,2H3,(H,19,20). The van der Waals surface area contributed by atoms with Gasteiger partial charge in [-0.05, 0) is 43.3 Å². The number of terminal acetylenes is 1. The molecule has 0 aromatic heterocycles. The van der Waals surface area contributed by atoms with Crippen LogP contribution in [0.5, 0.6) is 0 Å². The molecule has 0 fully saturated rings. The summed E-state index contributed by atoms with van der Waals surface area (Å²) in [5.74, 6) is 1.89. The summed E-state index contributed by atoms with van der Waals surface area (Å²) in [6.45, 7) is 1.87. The quantitative estimate of drug-likeness (QED) is 0.826. The molecule has 0 aliphatic heterocycles. The molecule has 0 saturated carbocycles. The van der Waals surface area contributed by atoms with E-state index in [1.807, 2.05) is 19.1 Å². The minimum absolute atomic E-state index is 0.0552. The second-order valence-corrected chi connectivity index (χ2v) is 6.64. The third-order valence-electron chi connectivity index (χ3n) is 3.10. The van der Waals surface area contributed by atoms with Crippen LogP contribution in [0.3, 0.4) is 0 Å². The topological polar surface area (TPSA) is 75.3 Å². The van der Waals surface area contributed by atoms with Crippen molar-refractivity contribution < 1.29 is 13.2 Å². The largest absolute Gasteiger partial charge is 0.322 e. The predicted octanol–water partition coefficient (Wildman–Crippen LogP) is 2.16. The number of sulfonamides is 1. The molecule has 6 heteroatoms. The Bertz CT molecular complexity index is 833. The second kappa shape index (κ2) is 7.09. The van der Waals surface area contributed by atoms with Crippen molar-refractivity contribution in [1.29, 1.82) is 0 Å². The van der Waals surface area contributed by atoms with Gasteiger partial charge in [0, 0.05) is 11.3 Å². The van der Waals surface area contributed by atoms with Crippen LogP contribution in [0.2, 0.25) is 0 Å². The maximum atomic E-state index is 12.1. The molecule has 0 aliphatic rings. The second-order valence-electron chi connectivity index (χ2n) is 4.87. The molecule has 2 aromatic carbocycles. The highest BCUT2D eigenvalue weighted by Crippen LogP contribution is 2.13. The van der Waals surface area contributed by atoms with Gasteiger partial charge < -0.3 is 5.32 Å². The number of amides is 1. The van der Waals surface area contributed by atoms with E-state index in [1.54, 1.807) is 12.1 Å². The fourth-order valence-corrected chi connectivity index (χ4v) is 2.78. The summed E-state index contributed by atoms with van der Waals surface area (Å²) in [5, 5.41) is 2.75. The monoisotopic (exact) mass is 328 g/mol. The molecule has 2 aromatic rings. The fraction of sp³-hybridized carbons (Fsp3) is 0.118. The molecule has 0 aliphatic carbocycles. The van der Waals surface area contributed by atoms with Gasteiger partial charge in [0.2, 0.25) is 10.0 Å². The Balaban J connectivity index is 2.11. The molecule has 2 N–H and O–H groups in total. The summed E-state index contributed by atoms with van der Waals surface area (Å²) in [5.41, 5.74) is 2.13. The molecule has 2 rings (SSSR count). The van der Waals surface area contributed by atoms with Crippen LogP contribution in [0.15, 0.2) is 53.4 Å². The molecule has 118 valence electrons. The van der Waals surface area contributed by atoms with E-state index in [9.17, 15) is 13.2 Å². The molecular weight excluding hydrogens is 312 g/mol. The molecule has 0 atom stereocenters. The molecule has 0 heterocycles. The fourth-order valence-electron chi connectivity index (χ4n) is 1.85. The van der Waals surface area contributed by atoms with Crippen molar-refractivity contribution in [2.24, 2.45) is 0 Å². The zero-order valence-corrected chi connectivity index (χ0v) is 13.4. The molecular formula is C17H16N2O3S. The van der Waals surface area contributed by atoms with E-state index in [-0.39, 0.29) is 17.3 Å². The van der Waals surface area contributed by atoms with Crippen LogP contribution < -0.4 is 10.0 Å². The van der Waals surface area contributed by atoms with Crippen LogP contribution in [-0.4, -0.2) is 20.9 Å². The normalized spacial score (nSPS) is 10.8.